The van der Waals surface area contributed by atoms with Crippen LogP contribution in [-0.2, 0) is 9.53 Å². The second-order valence-corrected chi connectivity index (χ2v) is 4.59. The molecule has 108 valence electrons. The Morgan fingerprint density at radius 3 is 2.95 bits per heavy atom. The molecule has 0 N–H and O–H groups in total. The molecule has 7 heteroatoms. The lowest BCUT2D eigenvalue weighted by molar-refractivity contribution is -0.389. The highest BCUT2D eigenvalue weighted by Crippen LogP contribution is 2.26. The summed E-state index contributed by atoms with van der Waals surface area (Å²) in [5.41, 5.74) is 0.716. The maximum Gasteiger partial charge on any atom is 0.363 e. The first kappa shape index (κ1) is 14.2. The maximum atomic E-state index is 12.0. The number of aromatic nitrogens is 1. The molecule has 1 fully saturated rings. The number of hydrogen-bond donors (Lipinski definition) is 0. The number of rotatable bonds is 4. The minimum absolute atomic E-state index is 0.196. The van der Waals surface area contributed by atoms with Crippen LogP contribution in [-0.4, -0.2) is 35.1 Å². The Morgan fingerprint density at radius 2 is 2.35 bits per heavy atom. The quantitative estimate of drug-likeness (QED) is 0.475. The third-order valence-electron chi connectivity index (χ3n) is 3.31. The van der Waals surface area contributed by atoms with E-state index in [2.05, 4.69) is 4.98 Å². The number of nitro groups is 1. The molecule has 1 aromatic rings. The summed E-state index contributed by atoms with van der Waals surface area (Å²) in [5.74, 6) is -0.441. The molecule has 2 rings (SSSR count). The molecule has 0 aliphatic carbocycles. The fraction of sp³-hybridized carbons (Fsp3) is 0.538. The molecule has 1 saturated heterocycles. The Morgan fingerprint density at radius 1 is 1.55 bits per heavy atom. The standard InChI is InChI=1S/C13H17N3O4/c1-2-20-13(17)11-5-3-4-8-15(11)10-6-7-12(14-9-10)16(18)19/h6-7,9,11H,2-5,8H2,1H3. The van der Waals surface area contributed by atoms with Crippen LogP contribution < -0.4 is 4.90 Å². The molecule has 1 atom stereocenters. The highest BCUT2D eigenvalue weighted by molar-refractivity contribution is 5.80. The predicted molar refractivity (Wildman–Crippen MR) is 72.5 cm³/mol. The van der Waals surface area contributed by atoms with Crippen LogP contribution in [0.2, 0.25) is 0 Å². The number of piperidine rings is 1. The predicted octanol–water partition coefficient (Wildman–Crippen LogP) is 1.91. The molecular weight excluding hydrogens is 262 g/mol. The van der Waals surface area contributed by atoms with Gasteiger partial charge in [-0.3, -0.25) is 0 Å². The second kappa shape index (κ2) is 6.31. The molecule has 0 radical (unpaired) electrons. The van der Waals surface area contributed by atoms with E-state index in [1.54, 1.807) is 13.0 Å². The van der Waals surface area contributed by atoms with Crippen LogP contribution in [0.4, 0.5) is 11.5 Å². The van der Waals surface area contributed by atoms with E-state index >= 15 is 0 Å². The number of ether oxygens (including phenoxy) is 1. The summed E-state index contributed by atoms with van der Waals surface area (Å²) in [5, 5.41) is 10.6. The Labute approximate surface area is 116 Å². The van der Waals surface area contributed by atoms with Gasteiger partial charge in [-0.25, -0.2) is 4.79 Å². The number of carbonyl (C=O) groups is 1. The zero-order chi connectivity index (χ0) is 14.5. The van der Waals surface area contributed by atoms with Gasteiger partial charge in [-0.2, -0.15) is 0 Å². The van der Waals surface area contributed by atoms with Crippen molar-refractivity contribution in [3.05, 3.63) is 28.4 Å². The van der Waals surface area contributed by atoms with Crippen molar-refractivity contribution in [1.82, 2.24) is 4.98 Å². The van der Waals surface area contributed by atoms with Crippen LogP contribution in [0.15, 0.2) is 18.3 Å². The van der Waals surface area contributed by atoms with Crippen molar-refractivity contribution in [3.63, 3.8) is 0 Å². The zero-order valence-electron chi connectivity index (χ0n) is 11.3. The summed E-state index contributed by atoms with van der Waals surface area (Å²) in [6.45, 7) is 2.85. The van der Waals surface area contributed by atoms with Gasteiger partial charge in [0.2, 0.25) is 0 Å². The van der Waals surface area contributed by atoms with E-state index in [1.807, 2.05) is 4.90 Å². The van der Waals surface area contributed by atoms with Gasteiger partial charge in [0.15, 0.2) is 6.20 Å². The SMILES string of the molecule is CCOC(=O)C1CCCCN1c1ccc([N+](=O)[O-])nc1. The van der Waals surface area contributed by atoms with Crippen LogP contribution in [0.25, 0.3) is 0 Å². The van der Waals surface area contributed by atoms with Gasteiger partial charge in [0.05, 0.1) is 12.3 Å². The molecular formula is C13H17N3O4. The Bertz CT molecular complexity index is 489. The van der Waals surface area contributed by atoms with E-state index in [4.69, 9.17) is 4.74 Å². The number of esters is 1. The maximum absolute atomic E-state index is 12.0. The third kappa shape index (κ3) is 3.04. The van der Waals surface area contributed by atoms with Crippen molar-refractivity contribution in [2.24, 2.45) is 0 Å². The summed E-state index contributed by atoms with van der Waals surface area (Å²) < 4.78 is 5.09. The van der Waals surface area contributed by atoms with Crippen LogP contribution in [0.1, 0.15) is 26.2 Å². The summed E-state index contributed by atoms with van der Waals surface area (Å²) >= 11 is 0. The normalized spacial score (nSPS) is 18.6. The van der Waals surface area contributed by atoms with E-state index in [0.29, 0.717) is 12.3 Å². The van der Waals surface area contributed by atoms with Gasteiger partial charge in [-0.15, -0.1) is 0 Å². The minimum atomic E-state index is -0.539. The van der Waals surface area contributed by atoms with Crippen molar-refractivity contribution in [2.45, 2.75) is 32.2 Å². The molecule has 0 amide bonds. The molecule has 0 saturated carbocycles. The molecule has 1 unspecified atom stereocenters. The smallest absolute Gasteiger partial charge is 0.363 e. The van der Waals surface area contributed by atoms with Crippen molar-refractivity contribution in [2.75, 3.05) is 18.1 Å². The first-order valence-electron chi connectivity index (χ1n) is 6.67. The summed E-state index contributed by atoms with van der Waals surface area (Å²) in [6.07, 6.45) is 4.12. The average Bonchev–Trinajstić information content (AvgIpc) is 2.47. The molecule has 1 aliphatic heterocycles. The molecule has 1 aliphatic rings. The monoisotopic (exact) mass is 279 g/mol. The molecule has 0 spiro atoms. The highest BCUT2D eigenvalue weighted by Gasteiger charge is 2.30. The summed E-state index contributed by atoms with van der Waals surface area (Å²) in [7, 11) is 0. The van der Waals surface area contributed by atoms with Crippen molar-refractivity contribution < 1.29 is 14.5 Å². The Hall–Kier alpha value is -2.18. The summed E-state index contributed by atoms with van der Waals surface area (Å²) in [4.78, 5) is 27.7. The Balaban J connectivity index is 2.18. The lowest BCUT2D eigenvalue weighted by Crippen LogP contribution is -2.45. The van der Waals surface area contributed by atoms with Crippen LogP contribution in [0.5, 0.6) is 0 Å². The molecule has 0 bridgehead atoms. The molecule has 2 heterocycles. The van der Waals surface area contributed by atoms with E-state index in [9.17, 15) is 14.9 Å². The van der Waals surface area contributed by atoms with Crippen LogP contribution >= 0.6 is 0 Å². The van der Waals surface area contributed by atoms with Crippen molar-refractivity contribution in [3.8, 4) is 0 Å². The van der Waals surface area contributed by atoms with E-state index < -0.39 is 4.92 Å². The van der Waals surface area contributed by atoms with Crippen molar-refractivity contribution >= 4 is 17.5 Å². The van der Waals surface area contributed by atoms with Crippen molar-refractivity contribution in [1.29, 1.82) is 0 Å². The number of hydrogen-bond acceptors (Lipinski definition) is 6. The van der Waals surface area contributed by atoms with Gasteiger partial charge in [0.25, 0.3) is 0 Å². The minimum Gasteiger partial charge on any atom is -0.464 e. The first-order chi connectivity index (χ1) is 9.63. The highest BCUT2D eigenvalue weighted by atomic mass is 16.6. The third-order valence-corrected chi connectivity index (χ3v) is 3.31. The lowest BCUT2D eigenvalue weighted by Gasteiger charge is -2.34. The van der Waals surface area contributed by atoms with Gasteiger partial charge in [0, 0.05) is 12.6 Å². The summed E-state index contributed by atoms with van der Waals surface area (Å²) in [6, 6.07) is 2.65. The van der Waals surface area contributed by atoms with Crippen LogP contribution in [0, 0.1) is 10.1 Å². The van der Waals surface area contributed by atoms with Gasteiger partial charge in [-0.1, -0.05) is 0 Å². The van der Waals surface area contributed by atoms with Gasteiger partial charge in [0.1, 0.15) is 6.04 Å². The van der Waals surface area contributed by atoms with E-state index in [0.717, 1.165) is 25.8 Å². The second-order valence-electron chi connectivity index (χ2n) is 4.59. The molecule has 7 nitrogen and oxygen atoms in total. The molecule has 0 aromatic carbocycles. The van der Waals surface area contributed by atoms with Gasteiger partial charge >= 0.3 is 11.8 Å². The average molecular weight is 279 g/mol. The number of anilines is 1. The topological polar surface area (TPSA) is 85.6 Å². The Kier molecular flexibility index (Phi) is 4.49. The fourth-order valence-corrected chi connectivity index (χ4v) is 2.38. The number of nitrogens with zero attached hydrogens (tertiary/aromatic N) is 3. The number of carbonyl (C=O) groups excluding carboxylic acids is 1. The number of pyridine rings is 1. The first-order valence-corrected chi connectivity index (χ1v) is 6.67. The molecule has 20 heavy (non-hydrogen) atoms. The zero-order valence-corrected chi connectivity index (χ0v) is 11.3. The lowest BCUT2D eigenvalue weighted by atomic mass is 10.0. The van der Waals surface area contributed by atoms with Crippen LogP contribution in [0.3, 0.4) is 0 Å². The van der Waals surface area contributed by atoms with Gasteiger partial charge < -0.3 is 19.8 Å². The van der Waals surface area contributed by atoms with E-state index in [1.165, 1.54) is 12.3 Å². The van der Waals surface area contributed by atoms with Gasteiger partial charge in [-0.05, 0) is 42.2 Å². The molecule has 1 aromatic heterocycles. The largest absolute Gasteiger partial charge is 0.464 e. The van der Waals surface area contributed by atoms with E-state index in [-0.39, 0.29) is 17.8 Å². The fourth-order valence-electron chi connectivity index (χ4n) is 2.38.